The molecular weight excluding hydrogens is 751 g/mol. The Balaban J connectivity index is 0.000000462. The summed E-state index contributed by atoms with van der Waals surface area (Å²) in [5.74, 6) is 0. The van der Waals surface area contributed by atoms with Crippen molar-refractivity contribution in [3.05, 3.63) is 125 Å². The molecule has 0 N–H and O–H groups in total. The maximum atomic E-state index is 2.99. The van der Waals surface area contributed by atoms with Gasteiger partial charge in [-0.15, -0.1) is 46.2 Å². The number of benzene rings is 4. The van der Waals surface area contributed by atoms with Crippen LogP contribution in [0.25, 0.3) is 43.8 Å². The quantitative estimate of drug-likeness (QED) is 0.138. The maximum Gasteiger partial charge on any atom is -0.0139 e. The minimum Gasteiger partial charge on any atom is -1.00 e. The Morgan fingerprint density at radius 2 is 1.06 bits per heavy atom. The molecule has 6 rings (SSSR count). The third kappa shape index (κ3) is 12.6. The third-order valence-electron chi connectivity index (χ3n) is 9.57. The average Bonchev–Trinajstić information content (AvgIpc) is 3.77. The number of unbranched alkanes of at least 4 members (excludes halogenated alkanes) is 2. The largest absolute Gasteiger partial charge is 1.00 e. The number of halogens is 2. The van der Waals surface area contributed by atoms with Crippen LogP contribution in [0.1, 0.15) is 123 Å². The predicted molar refractivity (Wildman–Crippen MR) is 220 cm³/mol. The van der Waals surface area contributed by atoms with E-state index in [4.69, 9.17) is 0 Å². The van der Waals surface area contributed by atoms with Gasteiger partial charge in [0.1, 0.15) is 0 Å². The van der Waals surface area contributed by atoms with Crippen molar-refractivity contribution < 1.29 is 49.0 Å². The van der Waals surface area contributed by atoms with Gasteiger partial charge in [-0.1, -0.05) is 113 Å². The van der Waals surface area contributed by atoms with Crippen molar-refractivity contribution in [2.75, 3.05) is 0 Å². The Morgan fingerprint density at radius 1 is 0.654 bits per heavy atom. The first kappa shape index (κ1) is 45.7. The van der Waals surface area contributed by atoms with E-state index in [0.29, 0.717) is 0 Å². The van der Waals surface area contributed by atoms with Crippen LogP contribution in [0.2, 0.25) is 0 Å². The van der Waals surface area contributed by atoms with Crippen molar-refractivity contribution in [1.29, 1.82) is 0 Å². The molecule has 0 atom stereocenters. The molecule has 276 valence electrons. The number of hydrogen-bond donors (Lipinski definition) is 0. The SMILES string of the molecule is CCCC[C](=[Zr+2])CCCC.Cc1ccc(-c2cc3[cH-]c4cc(-c5ccc(C)cc5)c(C(C)(C)C)cc4c3cc2C(C)(C)C)cc1.[C-]1=CC=CC1.[Cl-].[Cl-]. The first-order chi connectivity index (χ1) is 23.7. The molecule has 0 aromatic heterocycles. The molecule has 0 bridgehead atoms. The zero-order valence-corrected chi connectivity index (χ0v) is 37.4. The number of rotatable bonds is 8. The summed E-state index contributed by atoms with van der Waals surface area (Å²) in [5, 5.41) is 5.37. The summed E-state index contributed by atoms with van der Waals surface area (Å²) in [4.78, 5) is 0. The second-order valence-corrected chi connectivity index (χ2v) is 17.9. The van der Waals surface area contributed by atoms with Crippen molar-refractivity contribution in [3.8, 4) is 22.3 Å². The van der Waals surface area contributed by atoms with Crippen molar-refractivity contribution in [2.45, 2.75) is 125 Å². The number of fused-ring (bicyclic) bond motifs is 3. The minimum absolute atomic E-state index is 0. The van der Waals surface area contributed by atoms with Crippen LogP contribution in [0, 0.1) is 19.9 Å². The fourth-order valence-electron chi connectivity index (χ4n) is 6.54. The molecule has 0 radical (unpaired) electrons. The van der Waals surface area contributed by atoms with Crippen molar-refractivity contribution >= 4 is 24.8 Å². The summed E-state index contributed by atoms with van der Waals surface area (Å²) in [6.07, 6.45) is 18.3. The van der Waals surface area contributed by atoms with Crippen LogP contribution in [0.15, 0.2) is 97.1 Å². The summed E-state index contributed by atoms with van der Waals surface area (Å²) in [5.41, 5.74) is 10.8. The normalized spacial score (nSPS) is 12.1. The van der Waals surface area contributed by atoms with Gasteiger partial charge in [0.2, 0.25) is 0 Å². The first-order valence-electron chi connectivity index (χ1n) is 18.9. The Hall–Kier alpha value is -2.44. The average molecular weight is 811 g/mol. The molecule has 0 nitrogen and oxygen atoms in total. The molecule has 0 saturated carbocycles. The predicted octanol–water partition coefficient (Wildman–Crippen LogP) is 8.66. The fraction of sp³-hybridized carbons (Fsp3) is 0.388. The molecular formula is C49H60Cl2Zr-2. The van der Waals surface area contributed by atoms with Gasteiger partial charge in [-0.2, -0.15) is 6.08 Å². The molecule has 3 heteroatoms. The van der Waals surface area contributed by atoms with E-state index in [1.807, 2.05) is 12.2 Å². The number of aryl methyl sites for hydroxylation is 2. The molecule has 0 amide bonds. The van der Waals surface area contributed by atoms with Crippen LogP contribution in [0.3, 0.4) is 0 Å². The third-order valence-corrected chi connectivity index (χ3v) is 10.8. The smallest absolute Gasteiger partial charge is 0.0139 e. The Labute approximate surface area is 344 Å². The van der Waals surface area contributed by atoms with Crippen LogP contribution in [-0.2, 0) is 35.1 Å². The van der Waals surface area contributed by atoms with Gasteiger partial charge in [0.15, 0.2) is 0 Å². The van der Waals surface area contributed by atoms with Gasteiger partial charge in [0.05, 0.1) is 0 Å². The Bertz CT molecular complexity index is 1780. The minimum atomic E-state index is 0. The number of allylic oxidation sites excluding steroid dienone is 4. The van der Waals surface area contributed by atoms with E-state index < -0.39 is 0 Å². The summed E-state index contributed by atoms with van der Waals surface area (Å²) in [6.45, 7) is 22.8. The zero-order chi connectivity index (χ0) is 36.5. The summed E-state index contributed by atoms with van der Waals surface area (Å²) >= 11 is 1.67. The van der Waals surface area contributed by atoms with Crippen LogP contribution in [-0.4, -0.2) is 3.21 Å². The monoisotopic (exact) mass is 808 g/mol. The van der Waals surface area contributed by atoms with E-state index in [1.165, 1.54) is 105 Å². The molecule has 0 aliphatic heterocycles. The molecule has 52 heavy (non-hydrogen) atoms. The molecule has 0 saturated heterocycles. The summed E-state index contributed by atoms with van der Waals surface area (Å²) < 4.78 is 1.79. The Morgan fingerprint density at radius 3 is 1.35 bits per heavy atom. The van der Waals surface area contributed by atoms with E-state index in [1.54, 1.807) is 27.4 Å². The van der Waals surface area contributed by atoms with Crippen molar-refractivity contribution in [2.24, 2.45) is 0 Å². The molecule has 5 aromatic rings. The zero-order valence-electron chi connectivity index (χ0n) is 33.4. The fourth-order valence-corrected chi connectivity index (χ4v) is 7.41. The molecule has 1 aliphatic rings. The second-order valence-electron chi connectivity index (χ2n) is 16.2. The van der Waals surface area contributed by atoms with Gasteiger partial charge in [-0.05, 0) is 58.1 Å². The Kier molecular flexibility index (Phi) is 18.3. The first-order valence-corrected chi connectivity index (χ1v) is 20.1. The van der Waals surface area contributed by atoms with Gasteiger partial charge < -0.3 is 24.8 Å². The van der Waals surface area contributed by atoms with Crippen molar-refractivity contribution in [3.63, 3.8) is 0 Å². The van der Waals surface area contributed by atoms with Gasteiger partial charge >= 0.3 is 79.8 Å². The maximum absolute atomic E-state index is 2.99. The molecule has 0 heterocycles. The van der Waals surface area contributed by atoms with E-state index in [-0.39, 0.29) is 35.6 Å². The van der Waals surface area contributed by atoms with E-state index in [9.17, 15) is 0 Å². The van der Waals surface area contributed by atoms with E-state index in [0.717, 1.165) is 6.42 Å². The molecule has 1 aliphatic carbocycles. The number of hydrogen-bond acceptors (Lipinski definition) is 0. The van der Waals surface area contributed by atoms with Crippen LogP contribution < -0.4 is 24.8 Å². The van der Waals surface area contributed by atoms with Gasteiger partial charge in [-0.3, -0.25) is 6.08 Å². The summed E-state index contributed by atoms with van der Waals surface area (Å²) in [7, 11) is 0. The topological polar surface area (TPSA) is 0 Å². The van der Waals surface area contributed by atoms with E-state index in [2.05, 4.69) is 160 Å². The van der Waals surface area contributed by atoms with Crippen LogP contribution in [0.5, 0.6) is 0 Å². The van der Waals surface area contributed by atoms with Crippen LogP contribution >= 0.6 is 0 Å². The summed E-state index contributed by atoms with van der Waals surface area (Å²) in [6, 6.07) is 30.1. The standard InChI is InChI=1S/C35H37.C9H18.C5H5.2ClH.Zr/c1-22-9-13-24(14-10-22)30-18-26-17-27-19-31(25-15-11-23(2)12-16-25)33(35(6,7)8)21-29(27)28(26)20-32(30)34(3,4)5;1-3-5-7-9-8-6-4-2;1-2-4-5-3-1;;;/h9-21H,1-8H3;3-8H2,1-2H3;1-3H,4H2;2*1H;/q-1;;-1;;;+2/p-2. The van der Waals surface area contributed by atoms with Gasteiger partial charge in [-0.25, -0.2) is 12.2 Å². The van der Waals surface area contributed by atoms with E-state index >= 15 is 0 Å². The van der Waals surface area contributed by atoms with Gasteiger partial charge in [0.25, 0.3) is 0 Å². The second kappa shape index (κ2) is 20.9. The van der Waals surface area contributed by atoms with Gasteiger partial charge in [0, 0.05) is 0 Å². The van der Waals surface area contributed by atoms with Crippen LogP contribution in [0.4, 0.5) is 0 Å². The molecule has 0 unspecified atom stereocenters. The molecule has 0 spiro atoms. The van der Waals surface area contributed by atoms with Crippen molar-refractivity contribution in [1.82, 2.24) is 0 Å². The molecule has 0 fully saturated rings. The molecule has 5 aromatic carbocycles.